The van der Waals surface area contributed by atoms with Gasteiger partial charge in [0, 0.05) is 25.7 Å². The highest BCUT2D eigenvalue weighted by Gasteiger charge is 2.23. The number of amides is 1. The van der Waals surface area contributed by atoms with E-state index in [0.29, 0.717) is 28.0 Å². The summed E-state index contributed by atoms with van der Waals surface area (Å²) in [7, 11) is 6.41. The Hall–Kier alpha value is -3.28. The number of pyridine rings is 1. The number of aromatic amines is 1. The first-order valence-corrected chi connectivity index (χ1v) is 8.06. The number of hydrogen-bond acceptors (Lipinski definition) is 4. The molecule has 2 aromatic carbocycles. The van der Waals surface area contributed by atoms with Crippen molar-refractivity contribution in [2.75, 3.05) is 28.3 Å². The molecule has 26 heavy (non-hydrogen) atoms. The van der Waals surface area contributed by atoms with Gasteiger partial charge in [0.2, 0.25) is 0 Å². The van der Waals surface area contributed by atoms with Crippen LogP contribution in [0.5, 0.6) is 11.5 Å². The monoisotopic (exact) mass is 352 g/mol. The summed E-state index contributed by atoms with van der Waals surface area (Å²) < 4.78 is 10.8. The summed E-state index contributed by atoms with van der Waals surface area (Å²) in [5, 5.41) is 1.39. The minimum atomic E-state index is -0.193. The number of nitrogens with one attached hydrogen (secondary N) is 1. The number of benzene rings is 2. The summed E-state index contributed by atoms with van der Waals surface area (Å²) in [6.07, 6.45) is 1.61. The van der Waals surface area contributed by atoms with Crippen molar-refractivity contribution in [2.24, 2.45) is 0 Å². The summed E-state index contributed by atoms with van der Waals surface area (Å²) in [6, 6.07) is 10.9. The third-order valence-electron chi connectivity index (χ3n) is 4.25. The highest BCUT2D eigenvalue weighted by Crippen LogP contribution is 2.39. The summed E-state index contributed by atoms with van der Waals surface area (Å²) in [6.45, 7) is 0. The van der Waals surface area contributed by atoms with Crippen molar-refractivity contribution in [3.8, 4) is 22.6 Å². The molecule has 0 unspecified atom stereocenters. The van der Waals surface area contributed by atoms with E-state index in [1.54, 1.807) is 32.4 Å². The molecule has 1 aromatic heterocycles. The zero-order valence-electron chi connectivity index (χ0n) is 15.1. The zero-order valence-corrected chi connectivity index (χ0v) is 15.1. The number of rotatable bonds is 4. The molecule has 0 aliphatic carbocycles. The summed E-state index contributed by atoms with van der Waals surface area (Å²) in [5.74, 6) is 0.676. The van der Waals surface area contributed by atoms with E-state index in [1.807, 2.05) is 24.3 Å². The van der Waals surface area contributed by atoms with Crippen molar-refractivity contribution in [3.63, 3.8) is 0 Å². The smallest absolute Gasteiger partial charge is 0.257 e. The fourth-order valence-electron chi connectivity index (χ4n) is 2.96. The molecule has 0 fully saturated rings. The topological polar surface area (TPSA) is 71.6 Å². The van der Waals surface area contributed by atoms with Crippen LogP contribution in [0.15, 0.2) is 47.4 Å². The van der Waals surface area contributed by atoms with Crippen molar-refractivity contribution in [2.45, 2.75) is 0 Å². The molecular weight excluding hydrogens is 332 g/mol. The van der Waals surface area contributed by atoms with Crippen LogP contribution < -0.4 is 15.0 Å². The lowest BCUT2D eigenvalue weighted by Crippen LogP contribution is -2.23. The quantitative estimate of drug-likeness (QED) is 0.784. The highest BCUT2D eigenvalue weighted by atomic mass is 16.5. The number of aromatic nitrogens is 1. The van der Waals surface area contributed by atoms with E-state index in [9.17, 15) is 9.59 Å². The molecule has 3 aromatic rings. The Morgan fingerprint density at radius 3 is 2.46 bits per heavy atom. The Kier molecular flexibility index (Phi) is 4.67. The molecule has 0 spiro atoms. The number of carbonyl (C=O) groups is 1. The average Bonchev–Trinajstić information content (AvgIpc) is 2.65. The molecule has 0 radical (unpaired) electrons. The van der Waals surface area contributed by atoms with Crippen LogP contribution in [0.3, 0.4) is 0 Å². The van der Waals surface area contributed by atoms with Crippen LogP contribution in [0.25, 0.3) is 21.9 Å². The van der Waals surface area contributed by atoms with Crippen molar-refractivity contribution in [1.29, 1.82) is 0 Å². The summed E-state index contributed by atoms with van der Waals surface area (Å²) in [5.41, 5.74) is 1.80. The maximum absolute atomic E-state index is 12.8. The van der Waals surface area contributed by atoms with Gasteiger partial charge in [0.1, 0.15) is 0 Å². The first kappa shape index (κ1) is 17.5. The molecule has 3 rings (SSSR count). The van der Waals surface area contributed by atoms with Gasteiger partial charge >= 0.3 is 0 Å². The minimum absolute atomic E-state index is 0.147. The van der Waals surface area contributed by atoms with Crippen molar-refractivity contribution < 1.29 is 14.3 Å². The third-order valence-corrected chi connectivity index (χ3v) is 4.25. The second-order valence-corrected chi connectivity index (χ2v) is 6.03. The van der Waals surface area contributed by atoms with E-state index in [4.69, 9.17) is 9.47 Å². The Morgan fingerprint density at radius 1 is 1.04 bits per heavy atom. The molecular formula is C20H20N2O4. The number of ether oxygens (including phenoxy) is 2. The zero-order chi connectivity index (χ0) is 18.8. The number of hydrogen-bond donors (Lipinski definition) is 1. The Balaban J connectivity index is 2.31. The first-order valence-electron chi connectivity index (χ1n) is 8.06. The molecule has 134 valence electrons. The van der Waals surface area contributed by atoms with E-state index in [0.717, 1.165) is 10.9 Å². The fraction of sp³-hybridized carbons (Fsp3) is 0.200. The Bertz CT molecular complexity index is 1040. The number of fused-ring (bicyclic) bond motifs is 1. The second-order valence-electron chi connectivity index (χ2n) is 6.03. The van der Waals surface area contributed by atoms with Gasteiger partial charge < -0.3 is 19.4 Å². The number of methoxy groups -OCH3 is 2. The molecule has 0 bridgehead atoms. The van der Waals surface area contributed by atoms with Crippen LogP contribution in [0, 0.1) is 0 Å². The summed E-state index contributed by atoms with van der Waals surface area (Å²) >= 11 is 0. The van der Waals surface area contributed by atoms with Crippen LogP contribution in [-0.4, -0.2) is 44.1 Å². The molecule has 0 saturated heterocycles. The van der Waals surface area contributed by atoms with Gasteiger partial charge in [-0.1, -0.05) is 6.07 Å². The molecule has 6 heteroatoms. The Morgan fingerprint density at radius 2 is 1.81 bits per heavy atom. The van der Waals surface area contributed by atoms with Crippen LogP contribution in [0.1, 0.15) is 10.4 Å². The molecule has 1 amide bonds. The van der Waals surface area contributed by atoms with E-state index >= 15 is 0 Å². The maximum Gasteiger partial charge on any atom is 0.257 e. The number of carbonyl (C=O) groups excluding carboxylic acids is 1. The van der Waals surface area contributed by atoms with Gasteiger partial charge in [-0.25, -0.2) is 0 Å². The van der Waals surface area contributed by atoms with E-state index < -0.39 is 0 Å². The highest BCUT2D eigenvalue weighted by molar-refractivity contribution is 6.05. The van der Waals surface area contributed by atoms with Crippen LogP contribution >= 0.6 is 0 Å². The van der Waals surface area contributed by atoms with Gasteiger partial charge in [-0.15, -0.1) is 0 Å². The number of H-pyrrole nitrogens is 1. The van der Waals surface area contributed by atoms with Crippen molar-refractivity contribution in [3.05, 3.63) is 58.5 Å². The first-order chi connectivity index (χ1) is 12.5. The molecule has 0 atom stereocenters. The van der Waals surface area contributed by atoms with Gasteiger partial charge in [0.25, 0.3) is 11.5 Å². The fourth-order valence-corrected chi connectivity index (χ4v) is 2.96. The normalized spacial score (nSPS) is 10.6. The van der Waals surface area contributed by atoms with E-state index in [-0.39, 0.29) is 11.5 Å². The van der Waals surface area contributed by atoms with Crippen molar-refractivity contribution in [1.82, 2.24) is 9.88 Å². The van der Waals surface area contributed by atoms with Gasteiger partial charge in [-0.05, 0) is 46.8 Å². The number of nitrogens with zero attached hydrogens (tertiary/aromatic N) is 1. The minimum Gasteiger partial charge on any atom is -0.493 e. The largest absolute Gasteiger partial charge is 0.493 e. The average molecular weight is 352 g/mol. The molecule has 0 saturated carbocycles. The SMILES string of the molecule is COc1ccc(-c2ccc3c(=O)[nH]ccc3c2)c(C(=O)N(C)C)c1OC. The molecule has 1 heterocycles. The maximum atomic E-state index is 12.8. The molecule has 0 aliphatic heterocycles. The van der Waals surface area contributed by atoms with Gasteiger partial charge in [-0.3, -0.25) is 9.59 Å². The Labute approximate surface area is 151 Å². The molecule has 6 nitrogen and oxygen atoms in total. The third kappa shape index (κ3) is 2.90. The van der Waals surface area contributed by atoms with Crippen LogP contribution in [0.4, 0.5) is 0 Å². The van der Waals surface area contributed by atoms with Crippen LogP contribution in [-0.2, 0) is 0 Å². The van der Waals surface area contributed by atoms with E-state index in [2.05, 4.69) is 4.98 Å². The molecule has 0 aliphatic rings. The summed E-state index contributed by atoms with van der Waals surface area (Å²) in [4.78, 5) is 28.9. The predicted molar refractivity (Wildman–Crippen MR) is 101 cm³/mol. The van der Waals surface area contributed by atoms with Gasteiger partial charge in [-0.2, -0.15) is 0 Å². The standard InChI is InChI=1S/C20H20N2O4/c1-22(2)20(24)17-14(7-8-16(25-3)18(17)26-4)12-5-6-15-13(11-12)9-10-21-19(15)23/h5-11H,1-4H3,(H,21,23). The predicted octanol–water partition coefficient (Wildman–Crippen LogP) is 2.91. The van der Waals surface area contributed by atoms with E-state index in [1.165, 1.54) is 19.1 Å². The molecule has 1 N–H and O–H groups in total. The van der Waals surface area contributed by atoms with Gasteiger partial charge in [0.15, 0.2) is 11.5 Å². The second kappa shape index (κ2) is 6.92. The van der Waals surface area contributed by atoms with Crippen molar-refractivity contribution >= 4 is 16.7 Å². The lowest BCUT2D eigenvalue weighted by molar-refractivity contribution is 0.0824. The van der Waals surface area contributed by atoms with Gasteiger partial charge in [0.05, 0.1) is 19.8 Å². The lowest BCUT2D eigenvalue weighted by Gasteiger charge is -2.19. The lowest BCUT2D eigenvalue weighted by atomic mass is 9.95. The van der Waals surface area contributed by atoms with Crippen LogP contribution in [0.2, 0.25) is 0 Å².